The SMILES string of the molecule is CCNc1cc(NCC)c2c(c1)n(O)c(NCC)[n+]2[O-]. The Labute approximate surface area is 117 Å². The molecule has 0 aliphatic rings. The maximum Gasteiger partial charge on any atom is 0.395 e. The molecule has 0 atom stereocenters. The average Bonchev–Trinajstić information content (AvgIpc) is 2.65. The highest BCUT2D eigenvalue weighted by Crippen LogP contribution is 2.28. The van der Waals surface area contributed by atoms with Gasteiger partial charge >= 0.3 is 5.95 Å². The first-order chi connectivity index (χ1) is 9.63. The van der Waals surface area contributed by atoms with Crippen molar-refractivity contribution >= 4 is 28.4 Å². The minimum atomic E-state index is 0.121. The minimum absolute atomic E-state index is 0.121. The monoisotopic (exact) mass is 279 g/mol. The third-order valence-electron chi connectivity index (χ3n) is 3.00. The standard InChI is InChI=1S/C13H21N5O2/c1-4-14-9-7-10(15-5-2)12-11(8-9)17(19)13(16-6-3)18(12)20/h7-8,14-16,19H,4-6H2,1-3H3. The summed E-state index contributed by atoms with van der Waals surface area (Å²) in [5.74, 6) is 0.121. The molecule has 0 saturated heterocycles. The van der Waals surface area contributed by atoms with E-state index in [0.29, 0.717) is 34.5 Å². The molecule has 110 valence electrons. The summed E-state index contributed by atoms with van der Waals surface area (Å²) in [6.07, 6.45) is 0. The van der Waals surface area contributed by atoms with E-state index in [1.54, 1.807) is 6.07 Å². The molecule has 0 aliphatic carbocycles. The van der Waals surface area contributed by atoms with Gasteiger partial charge in [-0.05, 0) is 26.8 Å². The Hall–Kier alpha value is -2.31. The van der Waals surface area contributed by atoms with Crippen LogP contribution in [-0.4, -0.2) is 29.6 Å². The van der Waals surface area contributed by atoms with Crippen LogP contribution in [0.2, 0.25) is 0 Å². The number of hydrogen-bond acceptors (Lipinski definition) is 5. The first kappa shape index (κ1) is 14.1. The van der Waals surface area contributed by atoms with E-state index in [-0.39, 0.29) is 5.95 Å². The van der Waals surface area contributed by atoms with Gasteiger partial charge < -0.3 is 21.0 Å². The van der Waals surface area contributed by atoms with Gasteiger partial charge in [-0.25, -0.2) is 4.73 Å². The second kappa shape index (κ2) is 5.77. The third kappa shape index (κ3) is 2.26. The number of rotatable bonds is 6. The minimum Gasteiger partial charge on any atom is -0.740 e. The van der Waals surface area contributed by atoms with Crippen molar-refractivity contribution in [3.63, 3.8) is 0 Å². The van der Waals surface area contributed by atoms with Crippen molar-refractivity contribution in [1.29, 1.82) is 0 Å². The van der Waals surface area contributed by atoms with Gasteiger partial charge in [-0.3, -0.25) is 5.32 Å². The fourth-order valence-electron chi connectivity index (χ4n) is 2.24. The molecular formula is C13H21N5O2. The van der Waals surface area contributed by atoms with E-state index in [4.69, 9.17) is 0 Å². The van der Waals surface area contributed by atoms with Gasteiger partial charge in [-0.2, -0.15) is 0 Å². The van der Waals surface area contributed by atoms with Gasteiger partial charge in [0.2, 0.25) is 0 Å². The van der Waals surface area contributed by atoms with E-state index in [9.17, 15) is 10.4 Å². The molecule has 0 aliphatic heterocycles. The van der Waals surface area contributed by atoms with Gasteiger partial charge in [0, 0.05) is 24.8 Å². The second-order valence-corrected chi connectivity index (χ2v) is 4.41. The Morgan fingerprint density at radius 3 is 2.35 bits per heavy atom. The molecule has 1 heterocycles. The van der Waals surface area contributed by atoms with Crippen LogP contribution in [0.1, 0.15) is 20.8 Å². The van der Waals surface area contributed by atoms with E-state index < -0.39 is 0 Å². The number of nitrogens with one attached hydrogen (secondary N) is 3. The summed E-state index contributed by atoms with van der Waals surface area (Å²) in [5, 5.41) is 31.7. The molecule has 7 heteroatoms. The number of imidazole rings is 1. The summed E-state index contributed by atoms with van der Waals surface area (Å²) in [5.41, 5.74) is 2.44. The van der Waals surface area contributed by atoms with E-state index in [1.807, 2.05) is 26.8 Å². The van der Waals surface area contributed by atoms with Crippen LogP contribution >= 0.6 is 0 Å². The van der Waals surface area contributed by atoms with Crippen molar-refractivity contribution < 1.29 is 9.94 Å². The molecule has 2 aromatic rings. The van der Waals surface area contributed by atoms with Crippen LogP contribution in [0.4, 0.5) is 17.3 Å². The predicted octanol–water partition coefficient (Wildman–Crippen LogP) is 1.81. The Kier molecular flexibility index (Phi) is 4.07. The Bertz CT molecular complexity index is 609. The predicted molar refractivity (Wildman–Crippen MR) is 80.6 cm³/mol. The molecule has 0 spiro atoms. The molecule has 20 heavy (non-hydrogen) atoms. The van der Waals surface area contributed by atoms with Crippen LogP contribution in [0, 0.1) is 5.21 Å². The second-order valence-electron chi connectivity index (χ2n) is 4.41. The third-order valence-corrected chi connectivity index (χ3v) is 3.00. The molecule has 1 aromatic carbocycles. The molecule has 0 radical (unpaired) electrons. The Morgan fingerprint density at radius 1 is 1.10 bits per heavy atom. The van der Waals surface area contributed by atoms with Crippen molar-refractivity contribution in [3.05, 3.63) is 17.3 Å². The Balaban J connectivity index is 2.69. The molecule has 0 fully saturated rings. The number of benzene rings is 1. The highest BCUT2D eigenvalue weighted by Gasteiger charge is 2.22. The lowest BCUT2D eigenvalue weighted by atomic mass is 10.2. The van der Waals surface area contributed by atoms with Crippen LogP contribution in [-0.2, 0) is 0 Å². The van der Waals surface area contributed by atoms with E-state index in [2.05, 4.69) is 16.0 Å². The lowest BCUT2D eigenvalue weighted by Crippen LogP contribution is -2.30. The van der Waals surface area contributed by atoms with Crippen molar-refractivity contribution in [2.75, 3.05) is 35.6 Å². The largest absolute Gasteiger partial charge is 0.740 e. The summed E-state index contributed by atoms with van der Waals surface area (Å²) in [6.45, 7) is 7.83. The van der Waals surface area contributed by atoms with Gasteiger partial charge in [0.1, 0.15) is 0 Å². The molecule has 1 aromatic heterocycles. The fraction of sp³-hybridized carbons (Fsp3) is 0.462. The summed E-state index contributed by atoms with van der Waals surface area (Å²) < 4.78 is 1.61. The summed E-state index contributed by atoms with van der Waals surface area (Å²) in [6, 6.07) is 3.63. The van der Waals surface area contributed by atoms with Crippen LogP contribution in [0.5, 0.6) is 0 Å². The van der Waals surface area contributed by atoms with Crippen molar-refractivity contribution in [1.82, 2.24) is 4.73 Å². The van der Waals surface area contributed by atoms with Crippen LogP contribution in [0.15, 0.2) is 12.1 Å². The average molecular weight is 279 g/mol. The Morgan fingerprint density at radius 2 is 1.75 bits per heavy atom. The van der Waals surface area contributed by atoms with Crippen LogP contribution in [0.3, 0.4) is 0 Å². The summed E-state index contributed by atoms with van der Waals surface area (Å²) in [7, 11) is 0. The number of anilines is 3. The number of hydrogen-bond donors (Lipinski definition) is 4. The van der Waals surface area contributed by atoms with Crippen molar-refractivity contribution in [2.24, 2.45) is 0 Å². The van der Waals surface area contributed by atoms with Crippen LogP contribution < -0.4 is 20.7 Å². The molecule has 0 amide bonds. The summed E-state index contributed by atoms with van der Waals surface area (Å²) >= 11 is 0. The molecule has 0 unspecified atom stereocenters. The molecule has 0 saturated carbocycles. The van der Waals surface area contributed by atoms with Gasteiger partial charge in [0.15, 0.2) is 11.0 Å². The zero-order valence-electron chi connectivity index (χ0n) is 12.0. The van der Waals surface area contributed by atoms with Crippen molar-refractivity contribution in [2.45, 2.75) is 20.8 Å². The molecular weight excluding hydrogens is 258 g/mol. The maximum absolute atomic E-state index is 12.3. The normalized spacial score (nSPS) is 10.8. The number of aromatic nitrogens is 2. The topological polar surface area (TPSA) is 88.2 Å². The van der Waals surface area contributed by atoms with Crippen molar-refractivity contribution in [3.8, 4) is 0 Å². The first-order valence-electron chi connectivity index (χ1n) is 6.86. The van der Waals surface area contributed by atoms with Gasteiger partial charge in [0.25, 0.3) is 0 Å². The number of fused-ring (bicyclic) bond motifs is 1. The highest BCUT2D eigenvalue weighted by molar-refractivity contribution is 5.90. The lowest BCUT2D eigenvalue weighted by molar-refractivity contribution is -0.563. The molecule has 4 N–H and O–H groups in total. The smallest absolute Gasteiger partial charge is 0.395 e. The first-order valence-corrected chi connectivity index (χ1v) is 6.86. The lowest BCUT2D eigenvalue weighted by Gasteiger charge is -2.10. The fourth-order valence-corrected chi connectivity index (χ4v) is 2.24. The summed E-state index contributed by atoms with van der Waals surface area (Å²) in [4.78, 5) is 0. The quantitative estimate of drug-likeness (QED) is 0.368. The van der Waals surface area contributed by atoms with Gasteiger partial charge in [-0.1, -0.05) is 4.73 Å². The van der Waals surface area contributed by atoms with Gasteiger partial charge in [0.05, 0.1) is 12.2 Å². The zero-order chi connectivity index (χ0) is 14.7. The van der Waals surface area contributed by atoms with E-state index >= 15 is 0 Å². The van der Waals surface area contributed by atoms with Crippen LogP contribution in [0.25, 0.3) is 11.0 Å². The highest BCUT2D eigenvalue weighted by atomic mass is 16.5. The zero-order valence-corrected chi connectivity index (χ0v) is 12.0. The van der Waals surface area contributed by atoms with E-state index in [0.717, 1.165) is 17.0 Å². The van der Waals surface area contributed by atoms with Gasteiger partial charge in [-0.15, -0.1) is 0 Å². The molecule has 7 nitrogen and oxygen atoms in total. The maximum atomic E-state index is 12.3. The molecule has 0 bridgehead atoms. The van der Waals surface area contributed by atoms with E-state index in [1.165, 1.54) is 0 Å². The molecule has 2 rings (SSSR count). The number of nitrogens with zero attached hydrogens (tertiary/aromatic N) is 2.